The van der Waals surface area contributed by atoms with Crippen LogP contribution in [0.1, 0.15) is 10.4 Å². The highest BCUT2D eigenvalue weighted by Crippen LogP contribution is 2.20. The Balaban J connectivity index is 2.75. The second kappa shape index (κ2) is 6.53. The third kappa shape index (κ3) is 4.00. The van der Waals surface area contributed by atoms with Gasteiger partial charge in [0.2, 0.25) is 0 Å². The Morgan fingerprint density at radius 2 is 2.00 bits per heavy atom. The summed E-state index contributed by atoms with van der Waals surface area (Å²) in [5, 5.41) is 2.25. The second-order valence-electron chi connectivity index (χ2n) is 3.12. The highest BCUT2D eigenvalue weighted by atomic mass is 19.3. The molecule has 0 aromatic heterocycles. The van der Waals surface area contributed by atoms with Crippen molar-refractivity contribution in [3.8, 4) is 5.75 Å². The Morgan fingerprint density at radius 3 is 2.61 bits per heavy atom. The van der Waals surface area contributed by atoms with Crippen LogP contribution in [0.2, 0.25) is 0 Å². The molecule has 0 saturated heterocycles. The summed E-state index contributed by atoms with van der Waals surface area (Å²) in [6, 6.07) is 5.38. The van der Waals surface area contributed by atoms with Crippen LogP contribution in [0.3, 0.4) is 0 Å². The summed E-state index contributed by atoms with van der Waals surface area (Å²) in [5.41, 5.74) is -0.165. The molecule has 0 saturated carbocycles. The lowest BCUT2D eigenvalue weighted by Gasteiger charge is -2.09. The largest absolute Gasteiger partial charge is 0.452 e. The van der Waals surface area contributed by atoms with E-state index < -0.39 is 25.1 Å². The highest BCUT2D eigenvalue weighted by molar-refractivity contribution is 5.93. The monoisotopic (exact) mass is 259 g/mol. The summed E-state index contributed by atoms with van der Waals surface area (Å²) >= 11 is 0. The van der Waals surface area contributed by atoms with Crippen LogP contribution in [0, 0.1) is 0 Å². The molecule has 5 nitrogen and oxygen atoms in total. The molecule has 0 spiro atoms. The zero-order valence-corrected chi connectivity index (χ0v) is 9.48. The topological polar surface area (TPSA) is 64.6 Å². The smallest absolute Gasteiger partial charge is 0.387 e. The van der Waals surface area contributed by atoms with Crippen LogP contribution in [-0.4, -0.2) is 32.1 Å². The fraction of sp³-hybridized carbons (Fsp3) is 0.273. The lowest BCUT2D eigenvalue weighted by molar-refractivity contribution is -0.123. The van der Waals surface area contributed by atoms with Gasteiger partial charge in [0, 0.05) is 7.05 Å². The van der Waals surface area contributed by atoms with Gasteiger partial charge >= 0.3 is 12.6 Å². The number of rotatable bonds is 5. The van der Waals surface area contributed by atoms with Gasteiger partial charge in [-0.3, -0.25) is 4.79 Å². The van der Waals surface area contributed by atoms with Crippen molar-refractivity contribution in [2.75, 3.05) is 13.7 Å². The maximum Gasteiger partial charge on any atom is 0.387 e. The van der Waals surface area contributed by atoms with Gasteiger partial charge in [-0.05, 0) is 12.1 Å². The van der Waals surface area contributed by atoms with Gasteiger partial charge < -0.3 is 14.8 Å². The maximum absolute atomic E-state index is 12.1. The van der Waals surface area contributed by atoms with Crippen molar-refractivity contribution < 1.29 is 27.8 Å². The van der Waals surface area contributed by atoms with Gasteiger partial charge in [0.1, 0.15) is 11.3 Å². The van der Waals surface area contributed by atoms with Gasteiger partial charge in [0.25, 0.3) is 5.91 Å². The zero-order valence-electron chi connectivity index (χ0n) is 9.48. The van der Waals surface area contributed by atoms with Crippen LogP contribution in [0.5, 0.6) is 5.75 Å². The molecule has 7 heteroatoms. The molecule has 0 aliphatic heterocycles. The number of likely N-dealkylation sites (N-methyl/N-ethyl adjacent to an activating group) is 1. The summed E-state index contributed by atoms with van der Waals surface area (Å²) in [6.07, 6.45) is 0. The normalized spacial score (nSPS) is 10.0. The fourth-order valence-electron chi connectivity index (χ4n) is 1.12. The molecule has 0 aliphatic rings. The average Bonchev–Trinajstić information content (AvgIpc) is 2.35. The molecule has 1 aromatic carbocycles. The Kier molecular flexibility index (Phi) is 5.04. The predicted octanol–water partition coefficient (Wildman–Crippen LogP) is 1.19. The van der Waals surface area contributed by atoms with Gasteiger partial charge in [-0.15, -0.1) is 0 Å². The van der Waals surface area contributed by atoms with Crippen LogP contribution >= 0.6 is 0 Å². The molecule has 0 heterocycles. The third-order valence-corrected chi connectivity index (χ3v) is 1.94. The molecule has 18 heavy (non-hydrogen) atoms. The van der Waals surface area contributed by atoms with E-state index in [1.165, 1.54) is 31.3 Å². The van der Waals surface area contributed by atoms with Crippen molar-refractivity contribution in [2.45, 2.75) is 6.61 Å². The number of alkyl halides is 2. The SMILES string of the molecule is CNC(=O)COC(=O)c1ccccc1OC(F)F. The van der Waals surface area contributed by atoms with Gasteiger partial charge in [-0.25, -0.2) is 4.79 Å². The second-order valence-corrected chi connectivity index (χ2v) is 3.12. The Labute approximate surface area is 102 Å². The number of benzene rings is 1. The standard InChI is InChI=1S/C11H11F2NO4/c1-14-9(15)6-17-10(16)7-4-2-3-5-8(7)18-11(12)13/h2-5,11H,6H2,1H3,(H,14,15). The molecule has 0 aliphatic carbocycles. The number of halogens is 2. The van der Waals surface area contributed by atoms with Crippen molar-refractivity contribution >= 4 is 11.9 Å². The van der Waals surface area contributed by atoms with Crippen LogP contribution in [0.4, 0.5) is 8.78 Å². The van der Waals surface area contributed by atoms with E-state index in [-0.39, 0.29) is 11.3 Å². The summed E-state index contributed by atoms with van der Waals surface area (Å²) < 4.78 is 33.0. The number of amides is 1. The number of esters is 1. The first-order valence-corrected chi connectivity index (χ1v) is 4.96. The third-order valence-electron chi connectivity index (χ3n) is 1.94. The van der Waals surface area contributed by atoms with E-state index in [0.29, 0.717) is 0 Å². The Bertz CT molecular complexity index is 437. The fourth-order valence-corrected chi connectivity index (χ4v) is 1.12. The minimum absolute atomic E-state index is 0.165. The first kappa shape index (κ1) is 13.9. The van der Waals surface area contributed by atoms with Crippen LogP contribution in [0.25, 0.3) is 0 Å². The molecule has 0 bridgehead atoms. The quantitative estimate of drug-likeness (QED) is 0.807. The highest BCUT2D eigenvalue weighted by Gasteiger charge is 2.17. The van der Waals surface area contributed by atoms with Gasteiger partial charge in [0.15, 0.2) is 6.61 Å². The van der Waals surface area contributed by atoms with E-state index in [0.717, 1.165) is 0 Å². The molecule has 98 valence electrons. The predicted molar refractivity (Wildman–Crippen MR) is 57.4 cm³/mol. The van der Waals surface area contributed by atoms with Crippen molar-refractivity contribution in [1.29, 1.82) is 0 Å². The van der Waals surface area contributed by atoms with E-state index >= 15 is 0 Å². The molecule has 1 amide bonds. The lowest BCUT2D eigenvalue weighted by atomic mass is 10.2. The minimum Gasteiger partial charge on any atom is -0.452 e. The first-order valence-electron chi connectivity index (χ1n) is 4.96. The summed E-state index contributed by atoms with van der Waals surface area (Å²) in [5.74, 6) is -1.71. The van der Waals surface area contributed by atoms with E-state index in [1.807, 2.05) is 0 Å². The molecule has 1 N–H and O–H groups in total. The first-order chi connectivity index (χ1) is 8.54. The summed E-state index contributed by atoms with van der Waals surface area (Å²) in [6.45, 7) is -3.53. The molecular weight excluding hydrogens is 248 g/mol. The van der Waals surface area contributed by atoms with E-state index in [4.69, 9.17) is 0 Å². The Hall–Kier alpha value is -2.18. The maximum atomic E-state index is 12.1. The van der Waals surface area contributed by atoms with Crippen molar-refractivity contribution in [2.24, 2.45) is 0 Å². The van der Waals surface area contributed by atoms with Crippen molar-refractivity contribution in [3.05, 3.63) is 29.8 Å². The van der Waals surface area contributed by atoms with E-state index in [2.05, 4.69) is 14.8 Å². The molecular formula is C11H11F2NO4. The minimum atomic E-state index is -3.04. The molecule has 0 radical (unpaired) electrons. The molecule has 0 unspecified atom stereocenters. The number of hydrogen-bond donors (Lipinski definition) is 1. The van der Waals surface area contributed by atoms with Gasteiger partial charge in [-0.2, -0.15) is 8.78 Å². The van der Waals surface area contributed by atoms with Crippen molar-refractivity contribution in [3.63, 3.8) is 0 Å². The van der Waals surface area contributed by atoms with Crippen LogP contribution < -0.4 is 10.1 Å². The number of nitrogens with one attached hydrogen (secondary N) is 1. The lowest BCUT2D eigenvalue weighted by Crippen LogP contribution is -2.25. The number of carbonyl (C=O) groups excluding carboxylic acids is 2. The van der Waals surface area contributed by atoms with Gasteiger partial charge in [-0.1, -0.05) is 12.1 Å². The van der Waals surface area contributed by atoms with Gasteiger partial charge in [0.05, 0.1) is 0 Å². The molecule has 1 rings (SSSR count). The van der Waals surface area contributed by atoms with E-state index in [1.54, 1.807) is 0 Å². The summed E-state index contributed by atoms with van der Waals surface area (Å²) in [4.78, 5) is 22.4. The molecule has 0 fully saturated rings. The number of para-hydroxylation sites is 1. The van der Waals surface area contributed by atoms with Crippen LogP contribution in [-0.2, 0) is 9.53 Å². The van der Waals surface area contributed by atoms with Crippen molar-refractivity contribution in [1.82, 2.24) is 5.32 Å². The molecule has 0 atom stereocenters. The number of carbonyl (C=O) groups is 2. The number of hydrogen-bond acceptors (Lipinski definition) is 4. The summed E-state index contributed by atoms with van der Waals surface area (Å²) in [7, 11) is 1.38. The van der Waals surface area contributed by atoms with E-state index in [9.17, 15) is 18.4 Å². The average molecular weight is 259 g/mol. The Morgan fingerprint density at radius 1 is 1.33 bits per heavy atom. The molecule has 1 aromatic rings. The van der Waals surface area contributed by atoms with Crippen LogP contribution in [0.15, 0.2) is 24.3 Å². The number of ether oxygens (including phenoxy) is 2. The zero-order chi connectivity index (χ0) is 13.5.